The lowest BCUT2D eigenvalue weighted by molar-refractivity contribution is 0.314. The molecular weight excluding hydrogens is 328 g/mol. The van der Waals surface area contributed by atoms with Gasteiger partial charge in [0, 0.05) is 15.8 Å². The molecule has 0 saturated heterocycles. The Bertz CT molecular complexity index is 570. The number of nitrogens with zero attached hydrogens (tertiary/aromatic N) is 1. The third kappa shape index (κ3) is 3.71. The van der Waals surface area contributed by atoms with E-state index in [1.165, 1.54) is 4.88 Å². The standard InChI is InChI=1S/C13H13BrN2O2S/c14-9-3-4-11(13(15)16-17)12(8-9)18-6-5-10-2-1-7-19-10/h1-4,7-8,17H,5-6H2,(H2,15,16). The average Bonchev–Trinajstić information content (AvgIpc) is 2.91. The molecule has 2 rings (SSSR count). The molecule has 19 heavy (non-hydrogen) atoms. The first-order valence-electron chi connectivity index (χ1n) is 5.63. The summed E-state index contributed by atoms with van der Waals surface area (Å²) in [5.74, 6) is 0.639. The van der Waals surface area contributed by atoms with Crippen LogP contribution in [-0.2, 0) is 6.42 Å². The molecule has 0 saturated carbocycles. The zero-order chi connectivity index (χ0) is 13.7. The highest BCUT2D eigenvalue weighted by Crippen LogP contribution is 2.24. The molecule has 0 aliphatic heterocycles. The quantitative estimate of drug-likeness (QED) is 0.380. The maximum atomic E-state index is 8.75. The fourth-order valence-electron chi connectivity index (χ4n) is 1.60. The monoisotopic (exact) mass is 340 g/mol. The molecule has 0 aliphatic carbocycles. The molecule has 2 aromatic rings. The van der Waals surface area contributed by atoms with Crippen molar-refractivity contribution in [3.8, 4) is 5.75 Å². The summed E-state index contributed by atoms with van der Waals surface area (Å²) in [4.78, 5) is 1.26. The zero-order valence-corrected chi connectivity index (χ0v) is 12.4. The first-order valence-corrected chi connectivity index (χ1v) is 7.30. The maximum Gasteiger partial charge on any atom is 0.173 e. The van der Waals surface area contributed by atoms with Crippen LogP contribution in [0, 0.1) is 0 Å². The van der Waals surface area contributed by atoms with Gasteiger partial charge in [0.05, 0.1) is 12.2 Å². The van der Waals surface area contributed by atoms with Crippen LogP contribution in [-0.4, -0.2) is 17.6 Å². The summed E-state index contributed by atoms with van der Waals surface area (Å²) < 4.78 is 6.60. The van der Waals surface area contributed by atoms with Crippen molar-refractivity contribution in [2.45, 2.75) is 6.42 Å². The maximum absolute atomic E-state index is 8.75. The number of hydrogen-bond acceptors (Lipinski definition) is 4. The van der Waals surface area contributed by atoms with E-state index in [1.807, 2.05) is 23.6 Å². The predicted octanol–water partition coefficient (Wildman–Crippen LogP) is 3.23. The van der Waals surface area contributed by atoms with Gasteiger partial charge in [-0.3, -0.25) is 0 Å². The van der Waals surface area contributed by atoms with Crippen LogP contribution in [0.4, 0.5) is 0 Å². The molecule has 100 valence electrons. The molecule has 0 aliphatic rings. The summed E-state index contributed by atoms with van der Waals surface area (Å²) in [5.41, 5.74) is 6.20. The Morgan fingerprint density at radius 1 is 1.42 bits per heavy atom. The number of hydrogen-bond donors (Lipinski definition) is 2. The molecule has 0 bridgehead atoms. The van der Waals surface area contributed by atoms with E-state index in [1.54, 1.807) is 17.4 Å². The molecule has 0 radical (unpaired) electrons. The minimum absolute atomic E-state index is 0.0404. The number of nitrogens with two attached hydrogens (primary N) is 1. The number of benzene rings is 1. The smallest absolute Gasteiger partial charge is 0.173 e. The van der Waals surface area contributed by atoms with Crippen LogP contribution in [0.15, 0.2) is 45.3 Å². The summed E-state index contributed by atoms with van der Waals surface area (Å²) >= 11 is 5.08. The highest BCUT2D eigenvalue weighted by Gasteiger charge is 2.09. The van der Waals surface area contributed by atoms with Gasteiger partial charge < -0.3 is 15.7 Å². The van der Waals surface area contributed by atoms with Crippen molar-refractivity contribution in [2.75, 3.05) is 6.61 Å². The van der Waals surface area contributed by atoms with Crippen molar-refractivity contribution < 1.29 is 9.94 Å². The minimum Gasteiger partial charge on any atom is -0.492 e. The molecule has 1 aromatic carbocycles. The molecule has 0 unspecified atom stereocenters. The number of rotatable bonds is 5. The second-order valence-electron chi connectivity index (χ2n) is 3.80. The number of ether oxygens (including phenoxy) is 1. The second-order valence-corrected chi connectivity index (χ2v) is 5.75. The highest BCUT2D eigenvalue weighted by atomic mass is 79.9. The fourth-order valence-corrected chi connectivity index (χ4v) is 2.63. The molecule has 3 N–H and O–H groups in total. The molecular formula is C13H13BrN2O2S. The average molecular weight is 341 g/mol. The van der Waals surface area contributed by atoms with Crippen LogP contribution in [0.5, 0.6) is 5.75 Å². The molecule has 1 heterocycles. The van der Waals surface area contributed by atoms with Gasteiger partial charge in [-0.1, -0.05) is 27.2 Å². The van der Waals surface area contributed by atoms with Crippen LogP contribution in [0.1, 0.15) is 10.4 Å². The van der Waals surface area contributed by atoms with Crippen molar-refractivity contribution in [3.05, 3.63) is 50.6 Å². The summed E-state index contributed by atoms with van der Waals surface area (Å²) in [6.45, 7) is 0.544. The Morgan fingerprint density at radius 2 is 2.26 bits per heavy atom. The largest absolute Gasteiger partial charge is 0.492 e. The van der Waals surface area contributed by atoms with Crippen LogP contribution in [0.2, 0.25) is 0 Å². The van der Waals surface area contributed by atoms with E-state index >= 15 is 0 Å². The van der Waals surface area contributed by atoms with Crippen molar-refractivity contribution in [3.63, 3.8) is 0 Å². The van der Waals surface area contributed by atoms with Crippen molar-refractivity contribution in [1.82, 2.24) is 0 Å². The Labute approximate surface area is 123 Å². The van der Waals surface area contributed by atoms with Gasteiger partial charge >= 0.3 is 0 Å². The van der Waals surface area contributed by atoms with Crippen molar-refractivity contribution in [1.29, 1.82) is 0 Å². The van der Waals surface area contributed by atoms with E-state index in [0.717, 1.165) is 10.9 Å². The number of thiophene rings is 1. The normalized spacial score (nSPS) is 11.5. The SMILES string of the molecule is N/C(=N/O)c1ccc(Br)cc1OCCc1cccs1. The van der Waals surface area contributed by atoms with Crippen molar-refractivity contribution in [2.24, 2.45) is 10.9 Å². The van der Waals surface area contributed by atoms with Gasteiger partial charge in [-0.2, -0.15) is 0 Å². The molecule has 0 atom stereocenters. The second kappa shape index (κ2) is 6.58. The Morgan fingerprint density at radius 3 is 2.95 bits per heavy atom. The van der Waals surface area contributed by atoms with E-state index < -0.39 is 0 Å². The fraction of sp³-hybridized carbons (Fsp3) is 0.154. The molecule has 0 fully saturated rings. The van der Waals surface area contributed by atoms with Crippen molar-refractivity contribution >= 4 is 33.1 Å². The highest BCUT2D eigenvalue weighted by molar-refractivity contribution is 9.10. The summed E-state index contributed by atoms with van der Waals surface area (Å²) in [7, 11) is 0. The first-order chi connectivity index (χ1) is 9.20. The van der Waals surface area contributed by atoms with Gasteiger partial charge in [0.2, 0.25) is 0 Å². The minimum atomic E-state index is 0.0404. The van der Waals surface area contributed by atoms with Crippen LogP contribution >= 0.6 is 27.3 Å². The Hall–Kier alpha value is -1.53. The number of amidine groups is 1. The van der Waals surface area contributed by atoms with E-state index in [2.05, 4.69) is 27.2 Å². The third-order valence-corrected chi connectivity index (χ3v) is 3.94. The molecule has 0 amide bonds. The summed E-state index contributed by atoms with van der Waals surface area (Å²) in [5, 5.41) is 13.8. The Kier molecular flexibility index (Phi) is 4.81. The molecule has 4 nitrogen and oxygen atoms in total. The number of oxime groups is 1. The van der Waals surface area contributed by atoms with Gasteiger partial charge in [0.15, 0.2) is 5.84 Å². The van der Waals surface area contributed by atoms with E-state index in [4.69, 9.17) is 15.7 Å². The van der Waals surface area contributed by atoms with Crippen LogP contribution in [0.25, 0.3) is 0 Å². The van der Waals surface area contributed by atoms with Gasteiger partial charge in [-0.25, -0.2) is 0 Å². The summed E-state index contributed by atoms with van der Waals surface area (Å²) in [6.07, 6.45) is 0.833. The lowest BCUT2D eigenvalue weighted by Gasteiger charge is -2.10. The first kappa shape index (κ1) is 13.9. The topological polar surface area (TPSA) is 67.8 Å². The predicted molar refractivity (Wildman–Crippen MR) is 80.2 cm³/mol. The lowest BCUT2D eigenvalue weighted by atomic mass is 10.2. The third-order valence-electron chi connectivity index (χ3n) is 2.51. The van der Waals surface area contributed by atoms with Gasteiger partial charge in [-0.05, 0) is 29.6 Å². The van der Waals surface area contributed by atoms with Gasteiger partial charge in [0.25, 0.3) is 0 Å². The van der Waals surface area contributed by atoms with E-state index in [0.29, 0.717) is 17.9 Å². The molecule has 0 spiro atoms. The molecule has 1 aromatic heterocycles. The lowest BCUT2D eigenvalue weighted by Crippen LogP contribution is -2.15. The van der Waals surface area contributed by atoms with Gasteiger partial charge in [-0.15, -0.1) is 11.3 Å². The van der Waals surface area contributed by atoms with E-state index in [-0.39, 0.29) is 5.84 Å². The molecule has 6 heteroatoms. The van der Waals surface area contributed by atoms with Crippen LogP contribution < -0.4 is 10.5 Å². The van der Waals surface area contributed by atoms with E-state index in [9.17, 15) is 0 Å². The zero-order valence-electron chi connectivity index (χ0n) is 10.0. The number of halogens is 1. The Balaban J connectivity index is 2.08. The van der Waals surface area contributed by atoms with Gasteiger partial charge in [0.1, 0.15) is 5.75 Å². The summed E-state index contributed by atoms with van der Waals surface area (Å²) in [6, 6.07) is 9.46. The van der Waals surface area contributed by atoms with Crippen LogP contribution in [0.3, 0.4) is 0 Å².